The second-order valence-electron chi connectivity index (χ2n) is 4.82. The highest BCUT2D eigenvalue weighted by atomic mass is 127. The first-order valence-corrected chi connectivity index (χ1v) is 8.39. The molecule has 1 saturated heterocycles. The maximum Gasteiger partial charge on any atom is 0.255 e. The van der Waals surface area contributed by atoms with E-state index in [1.54, 1.807) is 0 Å². The van der Waals surface area contributed by atoms with Crippen molar-refractivity contribution in [3.63, 3.8) is 0 Å². The summed E-state index contributed by atoms with van der Waals surface area (Å²) in [7, 11) is 0. The fourth-order valence-corrected chi connectivity index (χ4v) is 3.34. The van der Waals surface area contributed by atoms with Crippen LogP contribution in [-0.2, 0) is 0 Å². The Morgan fingerprint density at radius 2 is 2.35 bits per heavy atom. The topological polar surface area (TPSA) is 52.9 Å². The van der Waals surface area contributed by atoms with Crippen molar-refractivity contribution in [2.75, 3.05) is 13.1 Å². The van der Waals surface area contributed by atoms with E-state index in [4.69, 9.17) is 5.21 Å². The summed E-state index contributed by atoms with van der Waals surface area (Å²) < 4.78 is 1.85. The van der Waals surface area contributed by atoms with Crippen molar-refractivity contribution in [3.05, 3.63) is 31.8 Å². The molecule has 1 N–H and O–H groups in total. The van der Waals surface area contributed by atoms with Crippen LogP contribution in [0.2, 0.25) is 0 Å². The zero-order valence-corrected chi connectivity index (χ0v) is 14.9. The van der Waals surface area contributed by atoms with Crippen molar-refractivity contribution in [1.29, 1.82) is 0 Å². The zero-order valence-electron chi connectivity index (χ0n) is 11.1. The molecule has 1 fully saturated rings. The Hall–Kier alpha value is -0.630. The highest BCUT2D eigenvalue weighted by Gasteiger charge is 2.29. The molecule has 1 amide bonds. The molecule has 0 spiro atoms. The molecule has 0 aromatic heterocycles. The van der Waals surface area contributed by atoms with Gasteiger partial charge in [0.05, 0.1) is 11.3 Å². The number of carbonyl (C=O) groups excluding carboxylic acids is 1. The zero-order chi connectivity index (χ0) is 14.7. The minimum absolute atomic E-state index is 0.0332. The summed E-state index contributed by atoms with van der Waals surface area (Å²) in [5, 5.41) is 12.4. The van der Waals surface area contributed by atoms with Gasteiger partial charge in [-0.1, -0.05) is 12.1 Å². The average molecular weight is 451 g/mol. The highest BCUT2D eigenvalue weighted by molar-refractivity contribution is 14.1. The normalized spacial score (nSPS) is 21.2. The number of nitrogens with zero attached hydrogens (tertiary/aromatic N) is 2. The van der Waals surface area contributed by atoms with Crippen LogP contribution in [0.5, 0.6) is 0 Å². The summed E-state index contributed by atoms with van der Waals surface area (Å²) >= 11 is 5.64. The Morgan fingerprint density at radius 3 is 3.00 bits per heavy atom. The van der Waals surface area contributed by atoms with Gasteiger partial charge in [0.2, 0.25) is 0 Å². The minimum Gasteiger partial charge on any atom is -0.411 e. The fraction of sp³-hybridized carbons (Fsp3) is 0.429. The third-order valence-corrected chi connectivity index (χ3v) is 4.98. The number of likely N-dealkylation sites (tertiary alicyclic amines) is 1. The van der Waals surface area contributed by atoms with Crippen LogP contribution < -0.4 is 0 Å². The van der Waals surface area contributed by atoms with Crippen molar-refractivity contribution < 1.29 is 10.0 Å². The van der Waals surface area contributed by atoms with Gasteiger partial charge in [-0.3, -0.25) is 4.79 Å². The van der Waals surface area contributed by atoms with Crippen molar-refractivity contribution in [1.82, 2.24) is 4.90 Å². The first-order chi connectivity index (χ1) is 9.56. The second-order valence-corrected chi connectivity index (χ2v) is 6.92. The van der Waals surface area contributed by atoms with E-state index >= 15 is 0 Å². The molecule has 0 radical (unpaired) electrons. The monoisotopic (exact) mass is 450 g/mol. The van der Waals surface area contributed by atoms with Gasteiger partial charge >= 0.3 is 0 Å². The van der Waals surface area contributed by atoms with E-state index in [1.165, 1.54) is 0 Å². The largest absolute Gasteiger partial charge is 0.411 e. The van der Waals surface area contributed by atoms with E-state index in [9.17, 15) is 4.79 Å². The molecule has 1 heterocycles. The molecule has 1 aromatic rings. The molecule has 1 aliphatic heterocycles. The van der Waals surface area contributed by atoms with Gasteiger partial charge < -0.3 is 10.1 Å². The van der Waals surface area contributed by atoms with Crippen LogP contribution >= 0.6 is 38.5 Å². The number of benzene rings is 1. The predicted octanol–water partition coefficient (Wildman–Crippen LogP) is 3.76. The summed E-state index contributed by atoms with van der Waals surface area (Å²) in [4.78, 5) is 14.5. The maximum atomic E-state index is 12.6. The van der Waals surface area contributed by atoms with E-state index < -0.39 is 0 Å². The van der Waals surface area contributed by atoms with Crippen LogP contribution in [0.4, 0.5) is 0 Å². The Morgan fingerprint density at radius 1 is 1.60 bits per heavy atom. The van der Waals surface area contributed by atoms with Crippen LogP contribution in [0.1, 0.15) is 30.1 Å². The fourth-order valence-electron chi connectivity index (χ4n) is 2.43. The molecular formula is C14H16BrIN2O2. The smallest absolute Gasteiger partial charge is 0.255 e. The molecule has 1 aliphatic rings. The van der Waals surface area contributed by atoms with Crippen LogP contribution in [0, 0.1) is 9.49 Å². The molecule has 20 heavy (non-hydrogen) atoms. The molecule has 1 unspecified atom stereocenters. The third kappa shape index (κ3) is 3.33. The Balaban J connectivity index is 2.20. The molecule has 1 atom stereocenters. The maximum absolute atomic E-state index is 12.6. The summed E-state index contributed by atoms with van der Waals surface area (Å²) in [6.07, 6.45) is 1.51. The lowest BCUT2D eigenvalue weighted by molar-refractivity contribution is 0.0728. The lowest BCUT2D eigenvalue weighted by Gasteiger charge is -2.33. The predicted molar refractivity (Wildman–Crippen MR) is 90.4 cm³/mol. The second kappa shape index (κ2) is 6.89. The molecular weight excluding hydrogens is 435 g/mol. The van der Waals surface area contributed by atoms with E-state index in [1.807, 2.05) is 30.0 Å². The van der Waals surface area contributed by atoms with Gasteiger partial charge in [-0.05, 0) is 63.1 Å². The molecule has 0 bridgehead atoms. The molecule has 108 valence electrons. The molecule has 0 aliphatic carbocycles. The number of hydrogen-bond donors (Lipinski definition) is 1. The first-order valence-electron chi connectivity index (χ1n) is 6.52. The lowest BCUT2D eigenvalue weighted by atomic mass is 9.93. The van der Waals surface area contributed by atoms with Gasteiger partial charge in [0.1, 0.15) is 0 Å². The number of oxime groups is 1. The number of rotatable bonds is 2. The van der Waals surface area contributed by atoms with E-state index in [2.05, 4.69) is 43.7 Å². The van der Waals surface area contributed by atoms with Gasteiger partial charge in [0, 0.05) is 33.5 Å². The van der Waals surface area contributed by atoms with Crippen molar-refractivity contribution in [2.24, 2.45) is 11.1 Å². The third-order valence-electron chi connectivity index (χ3n) is 3.62. The molecule has 6 heteroatoms. The average Bonchev–Trinajstić information content (AvgIpc) is 2.48. The number of piperidine rings is 1. The van der Waals surface area contributed by atoms with Crippen LogP contribution in [0.15, 0.2) is 27.8 Å². The summed E-state index contributed by atoms with van der Waals surface area (Å²) in [5.41, 5.74) is 1.49. The van der Waals surface area contributed by atoms with Gasteiger partial charge in [0.25, 0.3) is 5.91 Å². The molecule has 1 aromatic carbocycles. The highest BCUT2D eigenvalue weighted by Crippen LogP contribution is 2.24. The number of carbonyl (C=O) groups is 1. The van der Waals surface area contributed by atoms with Crippen LogP contribution in [-0.4, -0.2) is 34.8 Å². The number of amides is 1. The van der Waals surface area contributed by atoms with Crippen molar-refractivity contribution >= 4 is 50.1 Å². The van der Waals surface area contributed by atoms with E-state index in [0.717, 1.165) is 20.2 Å². The standard InChI is InChI=1S/C14H16BrIN2O2/c1-2-9-8-18(6-5-13(9)17-20)14(19)11-7-10(16)3-4-12(11)15/h3-4,7,9,20H,2,5-6,8H2,1H3/b17-13+. The van der Waals surface area contributed by atoms with E-state index in [0.29, 0.717) is 25.1 Å². The van der Waals surface area contributed by atoms with E-state index in [-0.39, 0.29) is 11.8 Å². The summed E-state index contributed by atoms with van der Waals surface area (Å²) in [6.45, 7) is 3.27. The van der Waals surface area contributed by atoms with Gasteiger partial charge in [-0.15, -0.1) is 0 Å². The van der Waals surface area contributed by atoms with Crippen molar-refractivity contribution in [2.45, 2.75) is 19.8 Å². The molecule has 0 saturated carbocycles. The SMILES string of the molecule is CCC1CN(C(=O)c2cc(I)ccc2Br)CC/C1=N\O. The Labute approximate surface area is 140 Å². The lowest BCUT2D eigenvalue weighted by Crippen LogP contribution is -2.44. The Bertz CT molecular complexity index is 548. The molecule has 2 rings (SSSR count). The summed E-state index contributed by atoms with van der Waals surface area (Å²) in [5.74, 6) is 0.185. The van der Waals surface area contributed by atoms with Crippen LogP contribution in [0.3, 0.4) is 0 Å². The van der Waals surface area contributed by atoms with Gasteiger partial charge in [-0.25, -0.2) is 0 Å². The first kappa shape index (κ1) is 15.8. The Kier molecular flexibility index (Phi) is 5.42. The summed E-state index contributed by atoms with van der Waals surface area (Å²) in [6, 6.07) is 5.75. The molecule has 4 nitrogen and oxygen atoms in total. The van der Waals surface area contributed by atoms with Gasteiger partial charge in [-0.2, -0.15) is 0 Å². The van der Waals surface area contributed by atoms with Crippen molar-refractivity contribution in [3.8, 4) is 0 Å². The minimum atomic E-state index is 0.0332. The number of halogens is 2. The van der Waals surface area contributed by atoms with Crippen LogP contribution in [0.25, 0.3) is 0 Å². The quantitative estimate of drug-likeness (QED) is 0.423. The van der Waals surface area contributed by atoms with Gasteiger partial charge in [0.15, 0.2) is 0 Å². The number of hydrogen-bond acceptors (Lipinski definition) is 3.